The highest BCUT2D eigenvalue weighted by Gasteiger charge is 2.31. The molecule has 8 N–H and O–H groups in total. The molecule has 12 nitrogen and oxygen atoms in total. The SMILES string of the molecule is CC(NC(=O)C(NC(=O)C(Cc1cnc[nH]1)NC(=O)CN)C(C)O)C(=O)O. The number of carboxylic acid groups (broad SMARTS) is 1. The third-order valence-electron chi connectivity index (χ3n) is 3.61. The molecule has 0 fully saturated rings. The highest BCUT2D eigenvalue weighted by molar-refractivity contribution is 5.93. The molecule has 0 saturated carbocycles. The number of carboxylic acids is 1. The van der Waals surface area contributed by atoms with E-state index in [1.807, 2.05) is 0 Å². The number of hydrogen-bond donors (Lipinski definition) is 7. The molecule has 0 aromatic carbocycles. The summed E-state index contributed by atoms with van der Waals surface area (Å²) in [7, 11) is 0. The Morgan fingerprint density at radius 1 is 1.19 bits per heavy atom. The fourth-order valence-electron chi connectivity index (χ4n) is 2.10. The van der Waals surface area contributed by atoms with Crippen LogP contribution in [0.1, 0.15) is 19.5 Å². The van der Waals surface area contributed by atoms with Crippen LogP contribution in [-0.2, 0) is 25.6 Å². The monoisotopic (exact) mass is 384 g/mol. The molecule has 4 atom stereocenters. The number of H-pyrrole nitrogens is 1. The molecule has 0 saturated heterocycles. The van der Waals surface area contributed by atoms with E-state index in [0.717, 1.165) is 0 Å². The van der Waals surface area contributed by atoms with Crippen molar-refractivity contribution in [2.45, 2.75) is 44.5 Å². The van der Waals surface area contributed by atoms with E-state index in [2.05, 4.69) is 25.9 Å². The van der Waals surface area contributed by atoms with Gasteiger partial charge in [-0.15, -0.1) is 0 Å². The fraction of sp³-hybridized carbons (Fsp3) is 0.533. The second kappa shape index (κ2) is 10.2. The lowest BCUT2D eigenvalue weighted by molar-refractivity contribution is -0.142. The van der Waals surface area contributed by atoms with Crippen LogP contribution in [-0.4, -0.2) is 74.6 Å². The van der Waals surface area contributed by atoms with Gasteiger partial charge in [-0.05, 0) is 13.8 Å². The number of amides is 3. The van der Waals surface area contributed by atoms with E-state index < -0.39 is 47.9 Å². The minimum absolute atomic E-state index is 0.0389. The first-order valence-electron chi connectivity index (χ1n) is 8.14. The van der Waals surface area contributed by atoms with Crippen LogP contribution in [0.4, 0.5) is 0 Å². The summed E-state index contributed by atoms with van der Waals surface area (Å²) >= 11 is 0. The average Bonchev–Trinajstić information content (AvgIpc) is 3.11. The number of carbonyl (C=O) groups excluding carboxylic acids is 3. The summed E-state index contributed by atoms with van der Waals surface area (Å²) in [5.74, 6) is -3.49. The summed E-state index contributed by atoms with van der Waals surface area (Å²) in [6.45, 7) is 2.16. The first-order chi connectivity index (χ1) is 12.6. The van der Waals surface area contributed by atoms with Crippen molar-refractivity contribution in [2.75, 3.05) is 6.54 Å². The maximum Gasteiger partial charge on any atom is 0.325 e. The largest absolute Gasteiger partial charge is 0.480 e. The van der Waals surface area contributed by atoms with Crippen LogP contribution >= 0.6 is 0 Å². The van der Waals surface area contributed by atoms with Gasteiger partial charge in [0.2, 0.25) is 17.7 Å². The summed E-state index contributed by atoms with van der Waals surface area (Å²) in [5.41, 5.74) is 5.80. The van der Waals surface area contributed by atoms with Crippen molar-refractivity contribution in [3.05, 3.63) is 18.2 Å². The second-order valence-corrected chi connectivity index (χ2v) is 5.90. The van der Waals surface area contributed by atoms with Crippen molar-refractivity contribution >= 4 is 23.7 Å². The van der Waals surface area contributed by atoms with Gasteiger partial charge in [0.15, 0.2) is 0 Å². The number of rotatable bonds is 10. The zero-order chi connectivity index (χ0) is 20.6. The molecule has 12 heteroatoms. The number of aromatic amines is 1. The second-order valence-electron chi connectivity index (χ2n) is 5.90. The van der Waals surface area contributed by atoms with E-state index >= 15 is 0 Å². The van der Waals surface area contributed by atoms with Crippen LogP contribution in [0.15, 0.2) is 12.5 Å². The molecule has 0 aliphatic heterocycles. The molecular weight excluding hydrogens is 360 g/mol. The van der Waals surface area contributed by atoms with Crippen LogP contribution in [0.25, 0.3) is 0 Å². The molecule has 0 bridgehead atoms. The molecule has 1 rings (SSSR count). The van der Waals surface area contributed by atoms with Gasteiger partial charge in [0.05, 0.1) is 19.0 Å². The van der Waals surface area contributed by atoms with E-state index in [1.54, 1.807) is 0 Å². The maximum atomic E-state index is 12.6. The van der Waals surface area contributed by atoms with Gasteiger partial charge in [-0.1, -0.05) is 0 Å². The third kappa shape index (κ3) is 7.03. The number of imidazole rings is 1. The lowest BCUT2D eigenvalue weighted by Gasteiger charge is -2.25. The maximum absolute atomic E-state index is 12.6. The first kappa shape index (κ1) is 22.1. The van der Waals surface area contributed by atoms with E-state index in [-0.39, 0.29) is 13.0 Å². The highest BCUT2D eigenvalue weighted by Crippen LogP contribution is 2.02. The number of aliphatic carboxylic acids is 1. The molecule has 0 spiro atoms. The third-order valence-corrected chi connectivity index (χ3v) is 3.61. The van der Waals surface area contributed by atoms with Crippen LogP contribution in [0, 0.1) is 0 Å². The van der Waals surface area contributed by atoms with Gasteiger partial charge in [0.25, 0.3) is 0 Å². The topological polar surface area (TPSA) is 200 Å². The van der Waals surface area contributed by atoms with E-state index in [9.17, 15) is 24.3 Å². The van der Waals surface area contributed by atoms with Gasteiger partial charge >= 0.3 is 5.97 Å². The molecule has 0 radical (unpaired) electrons. The van der Waals surface area contributed by atoms with Gasteiger partial charge in [-0.3, -0.25) is 19.2 Å². The molecule has 150 valence electrons. The summed E-state index contributed by atoms with van der Waals surface area (Å²) in [5, 5.41) is 25.6. The van der Waals surface area contributed by atoms with Crippen molar-refractivity contribution in [1.82, 2.24) is 25.9 Å². The number of carbonyl (C=O) groups is 4. The summed E-state index contributed by atoms with van der Waals surface area (Å²) in [6, 6.07) is -3.72. The lowest BCUT2D eigenvalue weighted by Crippen LogP contribution is -2.59. The van der Waals surface area contributed by atoms with Crippen molar-refractivity contribution in [3.63, 3.8) is 0 Å². The Hall–Kier alpha value is -2.99. The van der Waals surface area contributed by atoms with Gasteiger partial charge < -0.3 is 36.9 Å². The minimum Gasteiger partial charge on any atom is -0.480 e. The molecular formula is C15H24N6O6. The van der Waals surface area contributed by atoms with Crippen molar-refractivity contribution in [1.29, 1.82) is 0 Å². The minimum atomic E-state index is -1.42. The number of nitrogens with one attached hydrogen (secondary N) is 4. The number of nitrogens with zero attached hydrogens (tertiary/aromatic N) is 1. The molecule has 1 heterocycles. The Balaban J connectivity index is 2.88. The van der Waals surface area contributed by atoms with Crippen LogP contribution < -0.4 is 21.7 Å². The van der Waals surface area contributed by atoms with E-state index in [0.29, 0.717) is 5.69 Å². The number of nitrogens with two attached hydrogens (primary N) is 1. The zero-order valence-corrected chi connectivity index (χ0v) is 14.9. The molecule has 0 aliphatic rings. The Bertz CT molecular complexity index is 662. The number of hydrogen-bond acceptors (Lipinski definition) is 7. The van der Waals surface area contributed by atoms with Crippen LogP contribution in [0.2, 0.25) is 0 Å². The van der Waals surface area contributed by atoms with Crippen molar-refractivity contribution in [2.24, 2.45) is 5.73 Å². The Kier molecular flexibility index (Phi) is 8.35. The molecule has 0 aliphatic carbocycles. The quantitative estimate of drug-likeness (QED) is 0.219. The molecule has 1 aromatic heterocycles. The Morgan fingerprint density at radius 2 is 1.85 bits per heavy atom. The summed E-state index contributed by atoms with van der Waals surface area (Å²) in [4.78, 5) is 53.8. The standard InChI is InChI=1S/C15H24N6O6/c1-7(15(26)27)19-14(25)12(8(2)22)21-13(24)10(20-11(23)4-16)3-9-5-17-6-18-9/h5-8,10,12,22H,3-4,16H2,1-2H3,(H,17,18)(H,19,25)(H,20,23)(H,21,24)(H,26,27). The fourth-order valence-corrected chi connectivity index (χ4v) is 2.10. The predicted molar refractivity (Wildman–Crippen MR) is 92.1 cm³/mol. The van der Waals surface area contributed by atoms with Crippen molar-refractivity contribution < 1.29 is 29.4 Å². The van der Waals surface area contributed by atoms with Gasteiger partial charge in [0.1, 0.15) is 18.1 Å². The van der Waals surface area contributed by atoms with Gasteiger partial charge in [0, 0.05) is 18.3 Å². The predicted octanol–water partition coefficient (Wildman–Crippen LogP) is -3.15. The Labute approximate surface area is 154 Å². The number of aromatic nitrogens is 2. The smallest absolute Gasteiger partial charge is 0.325 e. The normalized spacial score (nSPS) is 15.1. The summed E-state index contributed by atoms with van der Waals surface area (Å²) < 4.78 is 0. The first-order valence-corrected chi connectivity index (χ1v) is 8.14. The molecule has 27 heavy (non-hydrogen) atoms. The van der Waals surface area contributed by atoms with E-state index in [1.165, 1.54) is 26.4 Å². The summed E-state index contributed by atoms with van der Waals surface area (Å²) in [6.07, 6.45) is 1.58. The van der Waals surface area contributed by atoms with Gasteiger partial charge in [-0.25, -0.2) is 4.98 Å². The van der Waals surface area contributed by atoms with Gasteiger partial charge in [-0.2, -0.15) is 0 Å². The molecule has 4 unspecified atom stereocenters. The number of aliphatic hydroxyl groups is 1. The van der Waals surface area contributed by atoms with Crippen molar-refractivity contribution in [3.8, 4) is 0 Å². The lowest BCUT2D eigenvalue weighted by atomic mass is 10.1. The highest BCUT2D eigenvalue weighted by atomic mass is 16.4. The Morgan fingerprint density at radius 3 is 2.33 bits per heavy atom. The molecule has 1 aromatic rings. The van der Waals surface area contributed by atoms with Crippen LogP contribution in [0.5, 0.6) is 0 Å². The van der Waals surface area contributed by atoms with Crippen LogP contribution in [0.3, 0.4) is 0 Å². The zero-order valence-electron chi connectivity index (χ0n) is 14.9. The molecule has 3 amide bonds. The van der Waals surface area contributed by atoms with E-state index in [4.69, 9.17) is 10.8 Å². The average molecular weight is 384 g/mol. The number of aliphatic hydroxyl groups excluding tert-OH is 1.